The van der Waals surface area contributed by atoms with Crippen molar-refractivity contribution in [1.29, 1.82) is 0 Å². The number of halogens is 1. The third-order valence-corrected chi connectivity index (χ3v) is 5.98. The number of morpholine rings is 1. The monoisotopic (exact) mass is 401 g/mol. The van der Waals surface area contributed by atoms with Crippen molar-refractivity contribution in [3.05, 3.63) is 65.2 Å². The number of hydrogen-bond donors (Lipinski definition) is 2. The van der Waals surface area contributed by atoms with Crippen LogP contribution in [0, 0.1) is 0 Å². The molecule has 0 spiro atoms. The molecular weight excluding hydrogens is 380 g/mol. The van der Waals surface area contributed by atoms with Crippen LogP contribution in [0.1, 0.15) is 5.56 Å². The number of benzene rings is 2. The zero-order chi connectivity index (χ0) is 18.5. The van der Waals surface area contributed by atoms with Gasteiger partial charge in [-0.15, -0.1) is 5.10 Å². The van der Waals surface area contributed by atoms with Gasteiger partial charge in [0.2, 0.25) is 5.16 Å². The van der Waals surface area contributed by atoms with Crippen LogP contribution in [0.4, 0.5) is 0 Å². The number of aromatic nitrogens is 3. The van der Waals surface area contributed by atoms with Crippen molar-refractivity contribution < 1.29 is 9.64 Å². The maximum atomic E-state index is 6.31. The van der Waals surface area contributed by atoms with E-state index in [2.05, 4.69) is 21.2 Å². The molecule has 3 aromatic rings. The summed E-state index contributed by atoms with van der Waals surface area (Å²) in [6.45, 7) is 3.68. The average molecular weight is 402 g/mol. The van der Waals surface area contributed by atoms with Crippen molar-refractivity contribution in [2.75, 3.05) is 25.4 Å². The van der Waals surface area contributed by atoms with Gasteiger partial charge in [-0.3, -0.25) is 5.10 Å². The van der Waals surface area contributed by atoms with Crippen molar-refractivity contribution in [2.24, 2.45) is 0 Å². The SMILES string of the molecule is Clc1ccccc1C[NH+]1CCO[C@@H](CSc2n[nH]c(-c3ccccc3)n2)C1. The number of rotatable bonds is 6. The Hall–Kier alpha value is -1.86. The van der Waals surface area contributed by atoms with Crippen molar-refractivity contribution in [2.45, 2.75) is 17.8 Å². The number of H-pyrrole nitrogens is 1. The molecule has 4 rings (SSSR count). The number of ether oxygens (including phenoxy) is 1. The number of quaternary nitrogens is 1. The summed E-state index contributed by atoms with van der Waals surface area (Å²) in [5, 5.41) is 8.94. The van der Waals surface area contributed by atoms with Crippen molar-refractivity contribution >= 4 is 23.4 Å². The van der Waals surface area contributed by atoms with Gasteiger partial charge in [0, 0.05) is 21.9 Å². The Morgan fingerprint density at radius 1 is 1.15 bits per heavy atom. The number of hydrogen-bond acceptors (Lipinski definition) is 4. The quantitative estimate of drug-likeness (QED) is 0.623. The molecule has 0 bridgehead atoms. The standard InChI is InChI=1S/C20H21ClN4OS/c21-18-9-5-4-8-16(18)12-25-10-11-26-17(13-25)14-27-20-22-19(23-24-20)15-6-2-1-3-7-15/h1-9,17H,10-14H2,(H,22,23,24)/p+1/t17-/m1/s1. The van der Waals surface area contributed by atoms with Crippen molar-refractivity contribution in [3.8, 4) is 11.4 Å². The highest BCUT2D eigenvalue weighted by Crippen LogP contribution is 2.20. The fourth-order valence-electron chi connectivity index (χ4n) is 3.24. The number of aromatic amines is 1. The predicted molar refractivity (Wildman–Crippen MR) is 108 cm³/mol. The van der Waals surface area contributed by atoms with E-state index in [0.717, 1.165) is 53.6 Å². The van der Waals surface area contributed by atoms with E-state index in [1.165, 1.54) is 10.5 Å². The molecule has 2 N–H and O–H groups in total. The maximum Gasteiger partial charge on any atom is 0.208 e. The van der Waals surface area contributed by atoms with Gasteiger partial charge in [-0.25, -0.2) is 4.98 Å². The average Bonchev–Trinajstić information content (AvgIpc) is 3.18. The number of nitrogens with zero attached hydrogens (tertiary/aromatic N) is 2. The van der Waals surface area contributed by atoms with Crippen molar-refractivity contribution in [1.82, 2.24) is 15.2 Å². The first kappa shape index (κ1) is 18.5. The minimum absolute atomic E-state index is 0.194. The summed E-state index contributed by atoms with van der Waals surface area (Å²) in [6.07, 6.45) is 0.194. The molecule has 0 radical (unpaired) electrons. The lowest BCUT2D eigenvalue weighted by Crippen LogP contribution is -3.13. The summed E-state index contributed by atoms with van der Waals surface area (Å²) >= 11 is 7.94. The topological polar surface area (TPSA) is 55.2 Å². The maximum absolute atomic E-state index is 6.31. The molecule has 1 aliphatic heterocycles. The first-order chi connectivity index (χ1) is 13.3. The van der Waals surface area contributed by atoms with Crippen LogP contribution < -0.4 is 4.90 Å². The first-order valence-corrected chi connectivity index (χ1v) is 10.4. The van der Waals surface area contributed by atoms with E-state index < -0.39 is 0 Å². The molecule has 0 amide bonds. The predicted octanol–water partition coefficient (Wildman–Crippen LogP) is 2.70. The molecule has 1 unspecified atom stereocenters. The molecular formula is C20H22ClN4OS+. The largest absolute Gasteiger partial charge is 0.366 e. The second kappa shape index (κ2) is 8.89. The van der Waals surface area contributed by atoms with E-state index in [-0.39, 0.29) is 6.10 Å². The van der Waals surface area contributed by atoms with Gasteiger partial charge in [0.05, 0.1) is 6.61 Å². The molecule has 0 saturated carbocycles. The molecule has 0 aliphatic carbocycles. The molecule has 2 aromatic carbocycles. The molecule has 1 aromatic heterocycles. The van der Waals surface area contributed by atoms with E-state index in [0.29, 0.717) is 0 Å². The van der Waals surface area contributed by atoms with E-state index in [4.69, 9.17) is 16.3 Å². The first-order valence-electron chi connectivity index (χ1n) is 9.07. The highest BCUT2D eigenvalue weighted by molar-refractivity contribution is 7.99. The smallest absolute Gasteiger partial charge is 0.208 e. The summed E-state index contributed by atoms with van der Waals surface area (Å²) in [5.74, 6) is 1.65. The van der Waals surface area contributed by atoms with Gasteiger partial charge in [0.25, 0.3) is 0 Å². The summed E-state index contributed by atoms with van der Waals surface area (Å²) in [5.41, 5.74) is 2.24. The summed E-state index contributed by atoms with van der Waals surface area (Å²) in [7, 11) is 0. The van der Waals surface area contributed by atoms with Crippen molar-refractivity contribution in [3.63, 3.8) is 0 Å². The minimum atomic E-state index is 0.194. The Bertz CT molecular complexity index is 873. The fourth-order valence-corrected chi connectivity index (χ4v) is 4.25. The Labute approximate surface area is 168 Å². The van der Waals surface area contributed by atoms with Crippen LogP contribution in [-0.2, 0) is 11.3 Å². The molecule has 2 heterocycles. The number of nitrogens with one attached hydrogen (secondary N) is 2. The van der Waals surface area contributed by atoms with Gasteiger partial charge in [0.1, 0.15) is 25.7 Å². The van der Waals surface area contributed by atoms with Crippen LogP contribution in [0.3, 0.4) is 0 Å². The molecule has 5 nitrogen and oxygen atoms in total. The Kier molecular flexibility index (Phi) is 6.09. The van der Waals surface area contributed by atoms with Gasteiger partial charge in [-0.2, -0.15) is 0 Å². The van der Waals surface area contributed by atoms with Gasteiger partial charge in [-0.1, -0.05) is 71.9 Å². The normalized spacial score (nSPS) is 19.9. The highest BCUT2D eigenvalue weighted by atomic mass is 35.5. The third-order valence-electron chi connectivity index (χ3n) is 4.63. The molecule has 1 saturated heterocycles. The minimum Gasteiger partial charge on any atom is -0.366 e. The van der Waals surface area contributed by atoms with Crippen LogP contribution in [0.25, 0.3) is 11.4 Å². The molecule has 27 heavy (non-hydrogen) atoms. The molecule has 1 aliphatic rings. The van der Waals surface area contributed by atoms with Gasteiger partial charge in [-0.05, 0) is 6.07 Å². The zero-order valence-corrected chi connectivity index (χ0v) is 16.5. The van der Waals surface area contributed by atoms with Gasteiger partial charge >= 0.3 is 0 Å². The van der Waals surface area contributed by atoms with Crippen LogP contribution in [0.5, 0.6) is 0 Å². The zero-order valence-electron chi connectivity index (χ0n) is 14.9. The van der Waals surface area contributed by atoms with E-state index >= 15 is 0 Å². The van der Waals surface area contributed by atoms with Crippen LogP contribution >= 0.6 is 23.4 Å². The lowest BCUT2D eigenvalue weighted by molar-refractivity contribution is -0.924. The fraction of sp³-hybridized carbons (Fsp3) is 0.300. The summed E-state index contributed by atoms with van der Waals surface area (Å²) in [6, 6.07) is 18.1. The summed E-state index contributed by atoms with van der Waals surface area (Å²) < 4.78 is 5.95. The Morgan fingerprint density at radius 3 is 2.81 bits per heavy atom. The lowest BCUT2D eigenvalue weighted by atomic mass is 10.2. The second-order valence-corrected chi connectivity index (χ2v) is 8.00. The molecule has 2 atom stereocenters. The van der Waals surface area contributed by atoms with Gasteiger partial charge < -0.3 is 9.64 Å². The Balaban J connectivity index is 1.31. The van der Waals surface area contributed by atoms with E-state index in [1.807, 2.05) is 48.5 Å². The highest BCUT2D eigenvalue weighted by Gasteiger charge is 2.25. The van der Waals surface area contributed by atoms with Crippen LogP contribution in [0.15, 0.2) is 59.8 Å². The Morgan fingerprint density at radius 2 is 1.96 bits per heavy atom. The molecule has 1 fully saturated rings. The van der Waals surface area contributed by atoms with Crippen LogP contribution in [0.2, 0.25) is 5.02 Å². The molecule has 7 heteroatoms. The van der Waals surface area contributed by atoms with E-state index in [1.54, 1.807) is 11.8 Å². The van der Waals surface area contributed by atoms with Gasteiger partial charge in [0.15, 0.2) is 5.82 Å². The number of thioether (sulfide) groups is 1. The molecule has 140 valence electrons. The summed E-state index contributed by atoms with van der Waals surface area (Å²) in [4.78, 5) is 6.08. The second-order valence-electron chi connectivity index (χ2n) is 6.61. The van der Waals surface area contributed by atoms with E-state index in [9.17, 15) is 0 Å². The lowest BCUT2D eigenvalue weighted by Gasteiger charge is -2.30. The third kappa shape index (κ3) is 4.90. The van der Waals surface area contributed by atoms with Crippen LogP contribution in [-0.4, -0.2) is 46.7 Å².